The van der Waals surface area contributed by atoms with Crippen molar-refractivity contribution in [2.75, 3.05) is 0 Å². The van der Waals surface area contributed by atoms with Crippen molar-refractivity contribution < 1.29 is 5.11 Å². The highest BCUT2D eigenvalue weighted by Crippen LogP contribution is 2.08. The van der Waals surface area contributed by atoms with Gasteiger partial charge in [-0.05, 0) is 22.9 Å². The zero-order valence-electron chi connectivity index (χ0n) is 5.45. The Morgan fingerprint density at radius 3 is 2.40 bits per heavy atom. The van der Waals surface area contributed by atoms with E-state index in [1.165, 1.54) is 0 Å². The van der Waals surface area contributed by atoms with E-state index in [9.17, 15) is 0 Å². The first kappa shape index (κ1) is 7.63. The van der Waals surface area contributed by atoms with Gasteiger partial charge in [0, 0.05) is 12.4 Å². The molecule has 1 heterocycles. The molecule has 0 bridgehead atoms. The Morgan fingerprint density at radius 1 is 1.50 bits per heavy atom. The van der Waals surface area contributed by atoms with Crippen molar-refractivity contribution in [1.29, 1.82) is 0 Å². The van der Waals surface area contributed by atoms with Crippen LogP contribution < -0.4 is 0 Å². The Bertz CT molecular complexity index is 209. The minimum Gasteiger partial charge on any atom is -0.385 e. The first-order valence-corrected chi connectivity index (χ1v) is 3.65. The first-order valence-electron chi connectivity index (χ1n) is 2.85. The quantitative estimate of drug-likeness (QED) is 0.747. The highest BCUT2D eigenvalue weighted by Gasteiger charge is 2.01. The first-order chi connectivity index (χ1) is 4.70. The van der Waals surface area contributed by atoms with Crippen LogP contribution in [-0.4, -0.2) is 15.1 Å². The molecule has 3 nitrogen and oxygen atoms in total. The van der Waals surface area contributed by atoms with Gasteiger partial charge < -0.3 is 5.11 Å². The van der Waals surface area contributed by atoms with Crippen LogP contribution in [0.15, 0.2) is 16.9 Å². The van der Waals surface area contributed by atoms with E-state index >= 15 is 0 Å². The summed E-state index contributed by atoms with van der Waals surface area (Å²) in [4.78, 5) is 7.74. The fourth-order valence-corrected chi connectivity index (χ4v) is 0.743. The third-order valence-corrected chi connectivity index (χ3v) is 1.42. The van der Waals surface area contributed by atoms with Crippen molar-refractivity contribution >= 4 is 15.9 Å². The fraction of sp³-hybridized carbons (Fsp3) is 0.333. The molecule has 1 aromatic rings. The van der Waals surface area contributed by atoms with Crippen molar-refractivity contribution in [3.05, 3.63) is 22.7 Å². The lowest BCUT2D eigenvalue weighted by atomic mass is 10.4. The number of aliphatic hydroxyl groups excluding tert-OH is 1. The van der Waals surface area contributed by atoms with Gasteiger partial charge in [0.2, 0.25) is 0 Å². The monoisotopic (exact) mass is 202 g/mol. The molecule has 1 N–H and O–H groups in total. The van der Waals surface area contributed by atoms with Gasteiger partial charge in [0.25, 0.3) is 0 Å². The molecule has 0 spiro atoms. The summed E-state index contributed by atoms with van der Waals surface area (Å²) < 4.78 is 0.817. The number of halogens is 1. The maximum Gasteiger partial charge on any atom is 0.156 e. The summed E-state index contributed by atoms with van der Waals surface area (Å²) >= 11 is 3.19. The zero-order chi connectivity index (χ0) is 7.56. The second kappa shape index (κ2) is 3.07. The van der Waals surface area contributed by atoms with Crippen LogP contribution in [0, 0.1) is 0 Å². The topological polar surface area (TPSA) is 46.0 Å². The number of hydrogen-bond acceptors (Lipinski definition) is 3. The predicted molar refractivity (Wildman–Crippen MR) is 40.4 cm³/mol. The highest BCUT2D eigenvalue weighted by molar-refractivity contribution is 9.10. The third-order valence-electron chi connectivity index (χ3n) is 1.01. The molecule has 0 unspecified atom stereocenters. The molecule has 0 saturated heterocycles. The van der Waals surface area contributed by atoms with Crippen LogP contribution in [0.3, 0.4) is 0 Å². The minimum atomic E-state index is -0.590. The van der Waals surface area contributed by atoms with Gasteiger partial charge in [-0.1, -0.05) is 0 Å². The molecule has 0 aliphatic rings. The molecule has 0 saturated carbocycles. The highest BCUT2D eigenvalue weighted by atomic mass is 79.9. The van der Waals surface area contributed by atoms with Crippen molar-refractivity contribution in [2.45, 2.75) is 13.0 Å². The van der Waals surface area contributed by atoms with Crippen molar-refractivity contribution in [1.82, 2.24) is 9.97 Å². The van der Waals surface area contributed by atoms with E-state index < -0.39 is 6.10 Å². The summed E-state index contributed by atoms with van der Waals surface area (Å²) in [6.45, 7) is 1.63. The Hall–Kier alpha value is -0.480. The van der Waals surface area contributed by atoms with Gasteiger partial charge >= 0.3 is 0 Å². The molecule has 4 heteroatoms. The van der Waals surface area contributed by atoms with Gasteiger partial charge in [0.15, 0.2) is 5.82 Å². The third kappa shape index (κ3) is 1.75. The molecule has 10 heavy (non-hydrogen) atoms. The van der Waals surface area contributed by atoms with Crippen LogP contribution in [0.25, 0.3) is 0 Å². The van der Waals surface area contributed by atoms with E-state index in [1.54, 1.807) is 19.3 Å². The second-order valence-electron chi connectivity index (χ2n) is 1.94. The summed E-state index contributed by atoms with van der Waals surface area (Å²) in [6.07, 6.45) is 2.62. The Labute approximate surface area is 67.3 Å². The maximum atomic E-state index is 8.97. The number of aromatic nitrogens is 2. The van der Waals surface area contributed by atoms with Gasteiger partial charge in [-0.15, -0.1) is 0 Å². The number of rotatable bonds is 1. The van der Waals surface area contributed by atoms with Gasteiger partial charge in [0.05, 0.1) is 4.47 Å². The molecule has 0 aromatic carbocycles. The number of aliphatic hydroxyl groups is 1. The summed E-state index contributed by atoms with van der Waals surface area (Å²) in [5.74, 6) is 0.447. The molecule has 0 amide bonds. The Morgan fingerprint density at radius 2 is 2.00 bits per heavy atom. The van der Waals surface area contributed by atoms with Crippen LogP contribution in [-0.2, 0) is 0 Å². The molecule has 0 radical (unpaired) electrons. The Kier molecular flexibility index (Phi) is 2.34. The summed E-state index contributed by atoms with van der Waals surface area (Å²) in [6, 6.07) is 0. The lowest BCUT2D eigenvalue weighted by Gasteiger charge is -1.99. The molecule has 1 rings (SSSR count). The van der Waals surface area contributed by atoms with Crippen molar-refractivity contribution in [3.63, 3.8) is 0 Å². The predicted octanol–water partition coefficient (Wildman–Crippen LogP) is 1.29. The van der Waals surface area contributed by atoms with E-state index in [4.69, 9.17) is 5.11 Å². The fourth-order valence-electron chi connectivity index (χ4n) is 0.538. The standard InChI is InChI=1S/C6H7BrN2O/c1-4(10)6-8-2-5(7)3-9-6/h2-4,10H,1H3/t4-/m1/s1. The van der Waals surface area contributed by atoms with E-state index in [2.05, 4.69) is 25.9 Å². The lowest BCUT2D eigenvalue weighted by Crippen LogP contribution is -1.97. The van der Waals surface area contributed by atoms with Crippen molar-refractivity contribution in [2.24, 2.45) is 0 Å². The van der Waals surface area contributed by atoms with Gasteiger partial charge in [-0.3, -0.25) is 0 Å². The van der Waals surface area contributed by atoms with E-state index in [-0.39, 0.29) is 0 Å². The largest absolute Gasteiger partial charge is 0.385 e. The summed E-state index contributed by atoms with van der Waals surface area (Å²) in [7, 11) is 0. The van der Waals surface area contributed by atoms with E-state index in [0.29, 0.717) is 5.82 Å². The Balaban J connectivity index is 2.89. The molecular formula is C6H7BrN2O. The normalized spacial score (nSPS) is 13.1. The minimum absolute atomic E-state index is 0.447. The van der Waals surface area contributed by atoms with Crippen LogP contribution in [0.4, 0.5) is 0 Å². The molecular weight excluding hydrogens is 196 g/mol. The van der Waals surface area contributed by atoms with Crippen LogP contribution in [0.5, 0.6) is 0 Å². The SMILES string of the molecule is C[C@@H](O)c1ncc(Br)cn1. The summed E-state index contributed by atoms with van der Waals surface area (Å²) in [5.41, 5.74) is 0. The molecule has 0 aliphatic carbocycles. The zero-order valence-corrected chi connectivity index (χ0v) is 7.04. The number of nitrogens with zero attached hydrogens (tertiary/aromatic N) is 2. The van der Waals surface area contributed by atoms with Crippen LogP contribution in [0.2, 0.25) is 0 Å². The lowest BCUT2D eigenvalue weighted by molar-refractivity contribution is 0.189. The summed E-state index contributed by atoms with van der Waals surface area (Å²) in [5, 5.41) is 8.97. The van der Waals surface area contributed by atoms with Crippen LogP contribution in [0.1, 0.15) is 18.9 Å². The molecule has 0 fully saturated rings. The molecule has 1 aromatic heterocycles. The van der Waals surface area contributed by atoms with E-state index in [1.807, 2.05) is 0 Å². The maximum absolute atomic E-state index is 8.97. The second-order valence-corrected chi connectivity index (χ2v) is 2.85. The van der Waals surface area contributed by atoms with E-state index in [0.717, 1.165) is 4.47 Å². The molecule has 0 aliphatic heterocycles. The van der Waals surface area contributed by atoms with Crippen LogP contribution >= 0.6 is 15.9 Å². The van der Waals surface area contributed by atoms with Crippen molar-refractivity contribution in [3.8, 4) is 0 Å². The smallest absolute Gasteiger partial charge is 0.156 e. The van der Waals surface area contributed by atoms with Gasteiger partial charge in [-0.2, -0.15) is 0 Å². The van der Waals surface area contributed by atoms with Gasteiger partial charge in [0.1, 0.15) is 6.10 Å². The average molecular weight is 203 g/mol. The average Bonchev–Trinajstić information content (AvgIpc) is 1.88. The van der Waals surface area contributed by atoms with Gasteiger partial charge in [-0.25, -0.2) is 9.97 Å². The molecule has 54 valence electrons. The molecule has 1 atom stereocenters. The number of hydrogen-bond donors (Lipinski definition) is 1.